The third-order valence-electron chi connectivity index (χ3n) is 3.54. The number of carbonyl (C=O) groups excluding carboxylic acids is 1. The minimum atomic E-state index is -0.472. The number of hydrogen-bond donors (Lipinski definition) is 1. The molecule has 0 aliphatic carbocycles. The van der Waals surface area contributed by atoms with E-state index < -0.39 is 5.82 Å². The highest BCUT2D eigenvalue weighted by Crippen LogP contribution is 2.22. The molecule has 2 rings (SSSR count). The molecule has 2 N–H and O–H groups in total. The molecule has 0 radical (unpaired) electrons. The Balaban J connectivity index is 2.10. The van der Waals surface area contributed by atoms with Crippen molar-refractivity contribution in [2.45, 2.75) is 19.3 Å². The zero-order chi connectivity index (χ0) is 13.8. The summed E-state index contributed by atoms with van der Waals surface area (Å²) in [5.41, 5.74) is 5.71. The van der Waals surface area contributed by atoms with Crippen molar-refractivity contribution < 1.29 is 9.18 Å². The van der Waals surface area contributed by atoms with Gasteiger partial charge in [0, 0.05) is 17.6 Å². The van der Waals surface area contributed by atoms with Crippen LogP contribution < -0.4 is 5.73 Å². The fraction of sp³-hybridized carbons (Fsp3) is 0.500. The number of likely N-dealkylation sites (tertiary alicyclic amines) is 1. The fourth-order valence-electron chi connectivity index (χ4n) is 2.55. The molecule has 1 aliphatic rings. The lowest BCUT2D eigenvalue weighted by Gasteiger charge is -2.32. The van der Waals surface area contributed by atoms with Crippen molar-refractivity contribution in [3.8, 4) is 0 Å². The smallest absolute Gasteiger partial charge is 0.256 e. The Morgan fingerprint density at radius 1 is 1.53 bits per heavy atom. The van der Waals surface area contributed by atoms with Crippen molar-refractivity contribution >= 4 is 21.8 Å². The fourth-order valence-corrected chi connectivity index (χ4v) is 2.89. The molecule has 1 unspecified atom stereocenters. The maximum Gasteiger partial charge on any atom is 0.256 e. The van der Waals surface area contributed by atoms with Gasteiger partial charge in [-0.2, -0.15) is 0 Å². The Morgan fingerprint density at radius 2 is 2.32 bits per heavy atom. The molecule has 0 aromatic heterocycles. The lowest BCUT2D eigenvalue weighted by Crippen LogP contribution is -2.40. The minimum Gasteiger partial charge on any atom is -0.338 e. The summed E-state index contributed by atoms with van der Waals surface area (Å²) in [6, 6.07) is 4.56. The predicted molar refractivity (Wildman–Crippen MR) is 76.4 cm³/mol. The van der Waals surface area contributed by atoms with E-state index in [4.69, 9.17) is 5.73 Å². The summed E-state index contributed by atoms with van der Waals surface area (Å²) in [7, 11) is 0. The molecule has 1 saturated heterocycles. The maximum atomic E-state index is 13.8. The molecule has 3 nitrogen and oxygen atoms in total. The van der Waals surface area contributed by atoms with Crippen LogP contribution in [0, 0.1) is 11.7 Å². The van der Waals surface area contributed by atoms with Gasteiger partial charge in [0.05, 0.1) is 5.56 Å². The Hall–Kier alpha value is -0.940. The maximum absolute atomic E-state index is 13.8. The molecule has 5 heteroatoms. The van der Waals surface area contributed by atoms with Gasteiger partial charge in [0.15, 0.2) is 0 Å². The minimum absolute atomic E-state index is 0.150. The highest BCUT2D eigenvalue weighted by atomic mass is 79.9. The van der Waals surface area contributed by atoms with Crippen LogP contribution in [0.4, 0.5) is 4.39 Å². The first-order chi connectivity index (χ1) is 9.11. The second-order valence-electron chi connectivity index (χ2n) is 4.96. The average molecular weight is 329 g/mol. The SMILES string of the molecule is NCCC1CCCN(C(=O)c2ccc(Br)cc2F)C1. The van der Waals surface area contributed by atoms with E-state index in [0.717, 1.165) is 19.3 Å². The van der Waals surface area contributed by atoms with Gasteiger partial charge in [0.25, 0.3) is 5.91 Å². The van der Waals surface area contributed by atoms with Crippen molar-refractivity contribution in [1.82, 2.24) is 4.90 Å². The van der Waals surface area contributed by atoms with E-state index in [9.17, 15) is 9.18 Å². The molecule has 1 heterocycles. The van der Waals surface area contributed by atoms with Crippen molar-refractivity contribution in [3.05, 3.63) is 34.1 Å². The van der Waals surface area contributed by atoms with Crippen LogP contribution >= 0.6 is 15.9 Å². The molecular formula is C14H18BrFN2O. The van der Waals surface area contributed by atoms with Crippen LogP contribution in [-0.4, -0.2) is 30.4 Å². The number of benzene rings is 1. The number of nitrogens with two attached hydrogens (primary N) is 1. The molecule has 1 amide bonds. The first kappa shape index (κ1) is 14.5. The van der Waals surface area contributed by atoms with E-state index >= 15 is 0 Å². The molecule has 0 bridgehead atoms. The van der Waals surface area contributed by atoms with Gasteiger partial charge in [0.2, 0.25) is 0 Å². The van der Waals surface area contributed by atoms with Crippen molar-refractivity contribution in [3.63, 3.8) is 0 Å². The largest absolute Gasteiger partial charge is 0.338 e. The van der Waals surface area contributed by atoms with Crippen LogP contribution in [0.3, 0.4) is 0 Å². The second-order valence-corrected chi connectivity index (χ2v) is 5.88. The summed E-state index contributed by atoms with van der Waals surface area (Å²) < 4.78 is 14.4. The van der Waals surface area contributed by atoms with Gasteiger partial charge in [-0.15, -0.1) is 0 Å². The highest BCUT2D eigenvalue weighted by molar-refractivity contribution is 9.10. The molecule has 1 atom stereocenters. The Labute approximate surface area is 121 Å². The van der Waals surface area contributed by atoms with E-state index in [1.165, 1.54) is 12.1 Å². The average Bonchev–Trinajstić information content (AvgIpc) is 2.39. The van der Waals surface area contributed by atoms with E-state index in [-0.39, 0.29) is 11.5 Å². The zero-order valence-corrected chi connectivity index (χ0v) is 12.3. The molecule has 19 heavy (non-hydrogen) atoms. The van der Waals surface area contributed by atoms with Gasteiger partial charge < -0.3 is 10.6 Å². The zero-order valence-electron chi connectivity index (χ0n) is 10.7. The summed E-state index contributed by atoms with van der Waals surface area (Å²) in [6.07, 6.45) is 2.99. The first-order valence-corrected chi connectivity index (χ1v) is 7.35. The third kappa shape index (κ3) is 3.54. The van der Waals surface area contributed by atoms with Crippen molar-refractivity contribution in [2.24, 2.45) is 11.7 Å². The van der Waals surface area contributed by atoms with Crippen LogP contribution in [-0.2, 0) is 0 Å². The summed E-state index contributed by atoms with van der Waals surface area (Å²) >= 11 is 3.19. The standard InChI is InChI=1S/C14H18BrFN2O/c15-11-3-4-12(13(16)8-11)14(19)18-7-1-2-10(9-18)5-6-17/h3-4,8,10H,1-2,5-7,9,17H2. The number of nitrogens with zero attached hydrogens (tertiary/aromatic N) is 1. The molecule has 0 saturated carbocycles. The lowest BCUT2D eigenvalue weighted by atomic mass is 9.94. The summed E-state index contributed by atoms with van der Waals surface area (Å²) in [5.74, 6) is -0.242. The van der Waals surface area contributed by atoms with E-state index in [2.05, 4.69) is 15.9 Å². The molecule has 1 aromatic carbocycles. The topological polar surface area (TPSA) is 46.3 Å². The van der Waals surface area contributed by atoms with Crippen LogP contribution in [0.2, 0.25) is 0 Å². The molecule has 104 valence electrons. The predicted octanol–water partition coefficient (Wildman–Crippen LogP) is 2.79. The monoisotopic (exact) mass is 328 g/mol. The van der Waals surface area contributed by atoms with Crippen LogP contribution in [0.15, 0.2) is 22.7 Å². The summed E-state index contributed by atoms with van der Waals surface area (Å²) in [4.78, 5) is 14.1. The Morgan fingerprint density at radius 3 is 3.00 bits per heavy atom. The lowest BCUT2D eigenvalue weighted by molar-refractivity contribution is 0.0665. The molecule has 1 aliphatic heterocycles. The molecule has 0 spiro atoms. The van der Waals surface area contributed by atoms with Gasteiger partial charge in [-0.3, -0.25) is 4.79 Å². The Bertz CT molecular complexity index is 465. The van der Waals surface area contributed by atoms with Gasteiger partial charge in [-0.1, -0.05) is 15.9 Å². The van der Waals surface area contributed by atoms with Gasteiger partial charge >= 0.3 is 0 Å². The number of piperidine rings is 1. The van der Waals surface area contributed by atoms with E-state index in [1.807, 2.05) is 0 Å². The number of hydrogen-bond acceptors (Lipinski definition) is 2. The van der Waals surface area contributed by atoms with E-state index in [1.54, 1.807) is 11.0 Å². The number of carbonyl (C=O) groups is 1. The molecular weight excluding hydrogens is 311 g/mol. The third-order valence-corrected chi connectivity index (χ3v) is 4.04. The van der Waals surface area contributed by atoms with E-state index in [0.29, 0.717) is 30.0 Å². The highest BCUT2D eigenvalue weighted by Gasteiger charge is 2.25. The van der Waals surface area contributed by atoms with Gasteiger partial charge in [-0.25, -0.2) is 4.39 Å². The first-order valence-electron chi connectivity index (χ1n) is 6.56. The van der Waals surface area contributed by atoms with Crippen LogP contribution in [0.25, 0.3) is 0 Å². The van der Waals surface area contributed by atoms with Crippen molar-refractivity contribution in [2.75, 3.05) is 19.6 Å². The number of amides is 1. The summed E-state index contributed by atoms with van der Waals surface area (Å²) in [5, 5.41) is 0. The van der Waals surface area contributed by atoms with Gasteiger partial charge in [-0.05, 0) is 49.9 Å². The summed E-state index contributed by atoms with van der Waals surface area (Å²) in [6.45, 7) is 2.03. The molecule has 1 aromatic rings. The second kappa shape index (κ2) is 6.48. The van der Waals surface area contributed by atoms with Crippen LogP contribution in [0.1, 0.15) is 29.6 Å². The Kier molecular flexibility index (Phi) is 4.93. The van der Waals surface area contributed by atoms with Gasteiger partial charge in [0.1, 0.15) is 5.82 Å². The molecule has 1 fully saturated rings. The van der Waals surface area contributed by atoms with Crippen molar-refractivity contribution in [1.29, 1.82) is 0 Å². The van der Waals surface area contributed by atoms with Crippen LogP contribution in [0.5, 0.6) is 0 Å². The normalized spacial score (nSPS) is 19.5. The number of halogens is 2. The quantitative estimate of drug-likeness (QED) is 0.927. The number of rotatable bonds is 3.